The zero-order valence-corrected chi connectivity index (χ0v) is 13.5. The van der Waals surface area contributed by atoms with Crippen LogP contribution in [0.4, 0.5) is 0 Å². The number of likely N-dealkylation sites (tertiary alicyclic amines) is 1. The van der Waals surface area contributed by atoms with Crippen molar-refractivity contribution in [1.82, 2.24) is 4.90 Å². The smallest absolute Gasteiger partial charge is 0.309 e. The van der Waals surface area contributed by atoms with E-state index in [1.165, 1.54) is 5.56 Å². The standard InChI is InChI=1S/C18H25NO3/c1-3-15(16-7-5-4-6-8-16)13-22-18(21)17-9-11-19(12-10-17)14(2)20/h4-8,15,17H,3,9-13H2,1-2H3. The maximum absolute atomic E-state index is 12.2. The van der Waals surface area contributed by atoms with E-state index in [0.29, 0.717) is 32.5 Å². The summed E-state index contributed by atoms with van der Waals surface area (Å²) in [4.78, 5) is 25.3. The van der Waals surface area contributed by atoms with Gasteiger partial charge in [-0.05, 0) is 24.8 Å². The van der Waals surface area contributed by atoms with Crippen molar-refractivity contribution in [3.63, 3.8) is 0 Å². The molecular formula is C18H25NO3. The number of hydrogen-bond acceptors (Lipinski definition) is 3. The van der Waals surface area contributed by atoms with E-state index in [0.717, 1.165) is 6.42 Å². The molecule has 1 saturated heterocycles. The first kappa shape index (κ1) is 16.5. The Hall–Kier alpha value is -1.84. The summed E-state index contributed by atoms with van der Waals surface area (Å²) in [6.45, 7) is 5.43. The number of esters is 1. The fourth-order valence-corrected chi connectivity index (χ4v) is 2.91. The van der Waals surface area contributed by atoms with Crippen molar-refractivity contribution in [3.8, 4) is 0 Å². The third-order valence-electron chi connectivity index (χ3n) is 4.46. The minimum absolute atomic E-state index is 0.0659. The van der Waals surface area contributed by atoms with Crippen LogP contribution in [0.1, 0.15) is 44.6 Å². The van der Waals surface area contributed by atoms with E-state index in [4.69, 9.17) is 4.74 Å². The number of carbonyl (C=O) groups excluding carboxylic acids is 2. The number of hydrogen-bond donors (Lipinski definition) is 0. The second-order valence-corrected chi connectivity index (χ2v) is 5.93. The minimum Gasteiger partial charge on any atom is -0.465 e. The summed E-state index contributed by atoms with van der Waals surface area (Å²) in [6.07, 6.45) is 2.36. The number of amides is 1. The molecule has 1 aromatic carbocycles. The van der Waals surface area contributed by atoms with Crippen molar-refractivity contribution in [2.45, 2.75) is 39.0 Å². The zero-order valence-electron chi connectivity index (χ0n) is 13.5. The Bertz CT molecular complexity index is 492. The van der Waals surface area contributed by atoms with Crippen molar-refractivity contribution in [2.75, 3.05) is 19.7 Å². The number of benzene rings is 1. The van der Waals surface area contributed by atoms with Gasteiger partial charge in [0.1, 0.15) is 0 Å². The molecule has 120 valence electrons. The van der Waals surface area contributed by atoms with Gasteiger partial charge in [0.25, 0.3) is 0 Å². The van der Waals surface area contributed by atoms with Crippen LogP contribution < -0.4 is 0 Å². The van der Waals surface area contributed by atoms with E-state index < -0.39 is 0 Å². The molecule has 2 rings (SSSR count). The highest BCUT2D eigenvalue weighted by Gasteiger charge is 2.27. The van der Waals surface area contributed by atoms with Gasteiger partial charge in [-0.2, -0.15) is 0 Å². The van der Waals surface area contributed by atoms with Crippen molar-refractivity contribution < 1.29 is 14.3 Å². The molecule has 0 saturated carbocycles. The molecule has 0 spiro atoms. The minimum atomic E-state index is -0.113. The molecule has 1 aromatic rings. The van der Waals surface area contributed by atoms with Crippen molar-refractivity contribution >= 4 is 11.9 Å². The zero-order chi connectivity index (χ0) is 15.9. The van der Waals surface area contributed by atoms with Gasteiger partial charge in [-0.3, -0.25) is 9.59 Å². The molecule has 1 unspecified atom stereocenters. The molecule has 0 radical (unpaired) electrons. The third kappa shape index (κ3) is 4.33. The van der Waals surface area contributed by atoms with Gasteiger partial charge >= 0.3 is 5.97 Å². The molecule has 1 amide bonds. The monoisotopic (exact) mass is 303 g/mol. The second-order valence-electron chi connectivity index (χ2n) is 5.93. The molecule has 0 aromatic heterocycles. The molecule has 0 aliphatic carbocycles. The molecule has 1 fully saturated rings. The molecule has 22 heavy (non-hydrogen) atoms. The van der Waals surface area contributed by atoms with E-state index in [9.17, 15) is 9.59 Å². The van der Waals surface area contributed by atoms with Gasteiger partial charge in [0.2, 0.25) is 5.91 Å². The fraction of sp³-hybridized carbons (Fsp3) is 0.556. The average molecular weight is 303 g/mol. The first-order valence-electron chi connectivity index (χ1n) is 8.09. The normalized spacial score (nSPS) is 17.1. The highest BCUT2D eigenvalue weighted by atomic mass is 16.5. The van der Waals surface area contributed by atoms with Crippen LogP contribution >= 0.6 is 0 Å². The van der Waals surface area contributed by atoms with Crippen LogP contribution in [0.3, 0.4) is 0 Å². The number of carbonyl (C=O) groups is 2. The van der Waals surface area contributed by atoms with E-state index in [1.807, 2.05) is 18.2 Å². The molecule has 1 aliphatic heterocycles. The topological polar surface area (TPSA) is 46.6 Å². The van der Waals surface area contributed by atoms with Gasteiger partial charge in [0.05, 0.1) is 12.5 Å². The number of nitrogens with zero attached hydrogens (tertiary/aromatic N) is 1. The second kappa shape index (κ2) is 7.97. The van der Waals surface area contributed by atoms with Crippen molar-refractivity contribution in [2.24, 2.45) is 5.92 Å². The lowest BCUT2D eigenvalue weighted by Crippen LogP contribution is -2.39. The van der Waals surface area contributed by atoms with Crippen molar-refractivity contribution in [3.05, 3.63) is 35.9 Å². The number of piperidine rings is 1. The maximum Gasteiger partial charge on any atom is 0.309 e. The number of rotatable bonds is 5. The maximum atomic E-state index is 12.2. The predicted octanol–water partition coefficient (Wildman–Crippen LogP) is 2.98. The van der Waals surface area contributed by atoms with Gasteiger partial charge < -0.3 is 9.64 Å². The lowest BCUT2D eigenvalue weighted by Gasteiger charge is -2.30. The predicted molar refractivity (Wildman–Crippen MR) is 85.4 cm³/mol. The Morgan fingerprint density at radius 1 is 1.23 bits per heavy atom. The van der Waals surface area contributed by atoms with Crippen LogP contribution in [0.2, 0.25) is 0 Å². The molecule has 1 heterocycles. The first-order chi connectivity index (χ1) is 10.6. The molecular weight excluding hydrogens is 278 g/mol. The van der Waals surface area contributed by atoms with E-state index in [2.05, 4.69) is 19.1 Å². The first-order valence-corrected chi connectivity index (χ1v) is 8.09. The fourth-order valence-electron chi connectivity index (χ4n) is 2.91. The van der Waals surface area contributed by atoms with E-state index in [-0.39, 0.29) is 23.7 Å². The van der Waals surface area contributed by atoms with Crippen LogP contribution in [-0.4, -0.2) is 36.5 Å². The van der Waals surface area contributed by atoms with Gasteiger partial charge in [0.15, 0.2) is 0 Å². The molecule has 4 nitrogen and oxygen atoms in total. The van der Waals surface area contributed by atoms with Crippen LogP contribution in [0.25, 0.3) is 0 Å². The summed E-state index contributed by atoms with van der Waals surface area (Å²) in [5, 5.41) is 0. The summed E-state index contributed by atoms with van der Waals surface area (Å²) in [5.74, 6) is 0.158. The highest BCUT2D eigenvalue weighted by molar-refractivity contribution is 5.75. The largest absolute Gasteiger partial charge is 0.465 e. The Balaban J connectivity index is 1.81. The number of ether oxygens (including phenoxy) is 1. The molecule has 4 heteroatoms. The quantitative estimate of drug-likeness (QED) is 0.786. The van der Waals surface area contributed by atoms with E-state index in [1.54, 1.807) is 11.8 Å². The Morgan fingerprint density at radius 2 is 1.86 bits per heavy atom. The molecule has 0 bridgehead atoms. The average Bonchev–Trinajstić information content (AvgIpc) is 2.56. The van der Waals surface area contributed by atoms with Crippen LogP contribution in [0.15, 0.2) is 30.3 Å². The SMILES string of the molecule is CCC(COC(=O)C1CCN(C(C)=O)CC1)c1ccccc1. The molecule has 1 atom stereocenters. The molecule has 0 N–H and O–H groups in total. The van der Waals surface area contributed by atoms with Crippen LogP contribution in [0.5, 0.6) is 0 Å². The van der Waals surface area contributed by atoms with Crippen LogP contribution in [-0.2, 0) is 14.3 Å². The Kier molecular flexibility index (Phi) is 5.99. The summed E-state index contributed by atoms with van der Waals surface area (Å²) in [7, 11) is 0. The summed E-state index contributed by atoms with van der Waals surface area (Å²) in [6, 6.07) is 10.2. The van der Waals surface area contributed by atoms with Gasteiger partial charge in [-0.1, -0.05) is 37.3 Å². The van der Waals surface area contributed by atoms with E-state index >= 15 is 0 Å². The van der Waals surface area contributed by atoms with Gasteiger partial charge in [-0.25, -0.2) is 0 Å². The summed E-state index contributed by atoms with van der Waals surface area (Å²) < 4.78 is 5.54. The molecule has 1 aliphatic rings. The highest BCUT2D eigenvalue weighted by Crippen LogP contribution is 2.22. The summed E-state index contributed by atoms with van der Waals surface area (Å²) in [5.41, 5.74) is 1.21. The van der Waals surface area contributed by atoms with Gasteiger partial charge in [0, 0.05) is 25.9 Å². The van der Waals surface area contributed by atoms with Crippen LogP contribution in [0, 0.1) is 5.92 Å². The van der Waals surface area contributed by atoms with Gasteiger partial charge in [-0.15, -0.1) is 0 Å². The Morgan fingerprint density at radius 3 is 2.41 bits per heavy atom. The van der Waals surface area contributed by atoms with Crippen molar-refractivity contribution in [1.29, 1.82) is 0 Å². The third-order valence-corrected chi connectivity index (χ3v) is 4.46. The lowest BCUT2D eigenvalue weighted by molar-refractivity contribution is -0.152. The Labute approximate surface area is 132 Å². The lowest BCUT2D eigenvalue weighted by atomic mass is 9.96. The summed E-state index contributed by atoms with van der Waals surface area (Å²) >= 11 is 0.